The monoisotopic (exact) mass is 372 g/mol. The van der Waals surface area contributed by atoms with Gasteiger partial charge in [-0.25, -0.2) is 0 Å². The molecule has 1 N–H and O–H groups in total. The van der Waals surface area contributed by atoms with Crippen molar-refractivity contribution in [1.29, 1.82) is 0 Å². The molecule has 2 aromatic rings. The first-order valence-corrected chi connectivity index (χ1v) is 10.4. The number of fused-ring (bicyclic) bond motifs is 1. The maximum absolute atomic E-state index is 13.3. The summed E-state index contributed by atoms with van der Waals surface area (Å²) in [5.74, 6) is 6.60. The number of hydrogen-bond acceptors (Lipinski definition) is 3. The molecule has 2 aliphatic heterocycles. The van der Waals surface area contributed by atoms with E-state index in [4.69, 9.17) is 0 Å². The number of anilines is 1. The molecule has 0 saturated heterocycles. The van der Waals surface area contributed by atoms with Gasteiger partial charge in [-0.2, -0.15) is 0 Å². The summed E-state index contributed by atoms with van der Waals surface area (Å²) in [6.07, 6.45) is 4.24. The molecule has 0 radical (unpaired) electrons. The highest BCUT2D eigenvalue weighted by Crippen LogP contribution is 2.27. The molecule has 3 nitrogen and oxygen atoms in total. The van der Waals surface area contributed by atoms with Crippen LogP contribution >= 0.6 is 0 Å². The Morgan fingerprint density at radius 3 is 2.89 bits per heavy atom. The zero-order chi connectivity index (χ0) is 19.3. The van der Waals surface area contributed by atoms with E-state index in [1.54, 1.807) is 0 Å². The summed E-state index contributed by atoms with van der Waals surface area (Å²) in [6.45, 7) is 4.62. The van der Waals surface area contributed by atoms with Crippen LogP contribution in [0.15, 0.2) is 48.5 Å². The molecule has 3 heteroatoms. The molecule has 0 saturated carbocycles. The van der Waals surface area contributed by atoms with Crippen molar-refractivity contribution in [3.05, 3.63) is 65.2 Å². The number of rotatable bonds is 5. The first-order chi connectivity index (χ1) is 13.7. The molecular formula is C25H28N2O. The molecule has 144 valence electrons. The van der Waals surface area contributed by atoms with Crippen LogP contribution in [0.4, 0.5) is 5.69 Å². The molecule has 2 unspecified atom stereocenters. The smallest absolute Gasteiger partial charge is 0.167 e. The van der Waals surface area contributed by atoms with Gasteiger partial charge in [0.25, 0.3) is 0 Å². The molecule has 0 aliphatic carbocycles. The fraction of sp³-hybridized carbons (Fsp3) is 0.400. The molecular weight excluding hydrogens is 344 g/mol. The fourth-order valence-electron chi connectivity index (χ4n) is 4.28. The number of aryl methyl sites for hydroxylation is 1. The summed E-state index contributed by atoms with van der Waals surface area (Å²) in [6, 6.07) is 16.8. The van der Waals surface area contributed by atoms with Gasteiger partial charge in [0, 0.05) is 42.7 Å². The lowest BCUT2D eigenvalue weighted by Gasteiger charge is -2.34. The molecule has 2 atom stereocenters. The van der Waals surface area contributed by atoms with Gasteiger partial charge < -0.3 is 5.32 Å². The lowest BCUT2D eigenvalue weighted by Crippen LogP contribution is -2.43. The molecule has 0 spiro atoms. The minimum Gasteiger partial charge on any atom is -0.385 e. The number of nitrogens with zero attached hydrogens (tertiary/aromatic N) is 1. The van der Waals surface area contributed by atoms with Crippen molar-refractivity contribution >= 4 is 11.5 Å². The van der Waals surface area contributed by atoms with Crippen LogP contribution in [-0.4, -0.2) is 29.8 Å². The molecule has 0 amide bonds. The molecule has 0 aromatic heterocycles. The largest absolute Gasteiger partial charge is 0.385 e. The number of nitrogens with one attached hydrogen (secondary N) is 1. The summed E-state index contributed by atoms with van der Waals surface area (Å²) in [5.41, 5.74) is 4.56. The van der Waals surface area contributed by atoms with Crippen molar-refractivity contribution in [3.63, 3.8) is 0 Å². The second-order valence-corrected chi connectivity index (χ2v) is 7.92. The number of benzene rings is 2. The van der Waals surface area contributed by atoms with Crippen molar-refractivity contribution in [2.75, 3.05) is 18.4 Å². The molecule has 0 fully saturated rings. The third-order valence-electron chi connectivity index (χ3n) is 5.99. The molecule has 2 aromatic carbocycles. The third kappa shape index (κ3) is 4.13. The van der Waals surface area contributed by atoms with E-state index in [1.807, 2.05) is 12.1 Å². The summed E-state index contributed by atoms with van der Waals surface area (Å²) in [7, 11) is 0. The molecule has 0 bridgehead atoms. The second kappa shape index (κ2) is 8.63. The Kier molecular flexibility index (Phi) is 5.78. The predicted molar refractivity (Wildman–Crippen MR) is 114 cm³/mol. The van der Waals surface area contributed by atoms with Crippen LogP contribution in [-0.2, 0) is 13.0 Å². The maximum Gasteiger partial charge on any atom is 0.167 e. The highest BCUT2D eigenvalue weighted by Gasteiger charge is 2.31. The number of ketones is 1. The standard InChI is InChI=1S/C25H28N2O/c1-19(24-12-6-8-16-27(24)18-20-9-3-2-4-10-20)25(28)22-14-13-21-11-5-7-15-26-23(21)17-22/h2-4,9-10,13-14,17,19,24,26H,5,7,11-12,15-16,18H2,1H3. The van der Waals surface area contributed by atoms with Gasteiger partial charge in [0.2, 0.25) is 0 Å². The van der Waals surface area contributed by atoms with Crippen molar-refractivity contribution < 1.29 is 4.79 Å². The molecule has 4 rings (SSSR count). The zero-order valence-corrected chi connectivity index (χ0v) is 16.6. The Morgan fingerprint density at radius 1 is 1.18 bits per heavy atom. The highest BCUT2D eigenvalue weighted by molar-refractivity contribution is 5.99. The average Bonchev–Trinajstić information content (AvgIpc) is 2.99. The normalized spacial score (nSPS) is 20.1. The van der Waals surface area contributed by atoms with Crippen LogP contribution in [0.5, 0.6) is 0 Å². The van der Waals surface area contributed by atoms with Gasteiger partial charge in [0.1, 0.15) is 0 Å². The first-order valence-electron chi connectivity index (χ1n) is 10.4. The third-order valence-corrected chi connectivity index (χ3v) is 5.99. The van der Waals surface area contributed by atoms with E-state index in [0.717, 1.165) is 43.7 Å². The number of carbonyl (C=O) groups excluding carboxylic acids is 1. The van der Waals surface area contributed by atoms with Crippen LogP contribution in [0.3, 0.4) is 0 Å². The maximum atomic E-state index is 13.3. The Balaban J connectivity index is 1.52. The Bertz CT molecular complexity index is 894. The van der Waals surface area contributed by atoms with Gasteiger partial charge in [-0.1, -0.05) is 55.3 Å². The quantitative estimate of drug-likeness (QED) is 0.618. The Hall–Kier alpha value is -2.57. The van der Waals surface area contributed by atoms with Crippen molar-refractivity contribution in [2.24, 2.45) is 5.92 Å². The minimum atomic E-state index is -0.0814. The lowest BCUT2D eigenvalue weighted by atomic mass is 9.87. The average molecular weight is 373 g/mol. The van der Waals surface area contributed by atoms with Gasteiger partial charge in [0.05, 0.1) is 6.54 Å². The summed E-state index contributed by atoms with van der Waals surface area (Å²) in [5, 5.41) is 3.50. The first kappa shape index (κ1) is 18.8. The van der Waals surface area contributed by atoms with Crippen LogP contribution in [0, 0.1) is 17.8 Å². The van der Waals surface area contributed by atoms with E-state index in [2.05, 4.69) is 65.4 Å². The second-order valence-electron chi connectivity index (χ2n) is 7.92. The SMILES string of the molecule is CC(C(=O)c1ccc2c(c1)NCCCC2)C1CC#CCN1Cc1ccccc1. The van der Waals surface area contributed by atoms with Crippen LogP contribution in [0.25, 0.3) is 0 Å². The fourth-order valence-corrected chi connectivity index (χ4v) is 4.28. The number of hydrogen-bond donors (Lipinski definition) is 1. The number of Topliss-reactive ketones (excluding diaryl/α,β-unsaturated/α-hetero) is 1. The number of carbonyl (C=O) groups is 1. The van der Waals surface area contributed by atoms with Crippen LogP contribution in [0.2, 0.25) is 0 Å². The van der Waals surface area contributed by atoms with E-state index in [1.165, 1.54) is 24.0 Å². The Labute approximate surface area is 168 Å². The van der Waals surface area contributed by atoms with Crippen molar-refractivity contribution in [1.82, 2.24) is 4.90 Å². The van der Waals surface area contributed by atoms with Gasteiger partial charge >= 0.3 is 0 Å². The van der Waals surface area contributed by atoms with Gasteiger partial charge in [-0.15, -0.1) is 5.92 Å². The van der Waals surface area contributed by atoms with E-state index in [9.17, 15) is 4.79 Å². The molecule has 2 heterocycles. The highest BCUT2D eigenvalue weighted by atomic mass is 16.1. The topological polar surface area (TPSA) is 32.3 Å². The molecule has 2 aliphatic rings. The van der Waals surface area contributed by atoms with E-state index < -0.39 is 0 Å². The summed E-state index contributed by atoms with van der Waals surface area (Å²) in [4.78, 5) is 15.7. The summed E-state index contributed by atoms with van der Waals surface area (Å²) >= 11 is 0. The van der Waals surface area contributed by atoms with Crippen molar-refractivity contribution in [3.8, 4) is 11.8 Å². The Morgan fingerprint density at radius 2 is 2.04 bits per heavy atom. The van der Waals surface area contributed by atoms with Gasteiger partial charge in [-0.3, -0.25) is 9.69 Å². The van der Waals surface area contributed by atoms with Gasteiger partial charge in [-0.05, 0) is 36.5 Å². The van der Waals surface area contributed by atoms with Crippen molar-refractivity contribution in [2.45, 2.75) is 45.2 Å². The van der Waals surface area contributed by atoms with E-state index in [0.29, 0.717) is 0 Å². The zero-order valence-electron chi connectivity index (χ0n) is 16.6. The molecule has 28 heavy (non-hydrogen) atoms. The van der Waals surface area contributed by atoms with Crippen LogP contribution in [0.1, 0.15) is 47.7 Å². The predicted octanol–water partition coefficient (Wildman–Crippen LogP) is 4.53. The summed E-state index contributed by atoms with van der Waals surface area (Å²) < 4.78 is 0. The van der Waals surface area contributed by atoms with Crippen LogP contribution < -0.4 is 5.32 Å². The van der Waals surface area contributed by atoms with E-state index >= 15 is 0 Å². The lowest BCUT2D eigenvalue weighted by molar-refractivity contribution is 0.0805. The van der Waals surface area contributed by atoms with Gasteiger partial charge in [0.15, 0.2) is 5.78 Å². The van der Waals surface area contributed by atoms with E-state index in [-0.39, 0.29) is 17.7 Å². The minimum absolute atomic E-state index is 0.0814.